The van der Waals surface area contributed by atoms with Gasteiger partial charge in [-0.2, -0.15) is 4.98 Å². The molecular formula is C24H24N4O3S. The van der Waals surface area contributed by atoms with E-state index in [1.807, 2.05) is 36.6 Å². The summed E-state index contributed by atoms with van der Waals surface area (Å²) in [7, 11) is 0. The van der Waals surface area contributed by atoms with Gasteiger partial charge in [0.15, 0.2) is 5.65 Å². The highest BCUT2D eigenvalue weighted by Gasteiger charge is 2.53. The van der Waals surface area contributed by atoms with Crippen LogP contribution in [-0.4, -0.2) is 28.5 Å². The van der Waals surface area contributed by atoms with E-state index in [0.717, 1.165) is 52.6 Å². The van der Waals surface area contributed by atoms with E-state index in [1.54, 1.807) is 13.1 Å². The van der Waals surface area contributed by atoms with Gasteiger partial charge in [-0.25, -0.2) is 4.98 Å². The average Bonchev–Trinajstić information content (AvgIpc) is 3.09. The smallest absolute Gasteiger partial charge is 0.281 e. The molecule has 2 N–H and O–H groups in total. The van der Waals surface area contributed by atoms with Crippen LogP contribution in [0.3, 0.4) is 0 Å². The Labute approximate surface area is 189 Å². The molecule has 0 aliphatic heterocycles. The van der Waals surface area contributed by atoms with Crippen molar-refractivity contribution in [2.75, 3.05) is 6.54 Å². The van der Waals surface area contributed by atoms with E-state index in [0.29, 0.717) is 28.6 Å². The lowest BCUT2D eigenvalue weighted by Gasteiger charge is -2.23. The average molecular weight is 449 g/mol. The zero-order valence-corrected chi connectivity index (χ0v) is 18.5. The third-order valence-electron chi connectivity index (χ3n) is 6.66. The number of thiazole rings is 1. The molecule has 2 aliphatic rings. The SMILES string of the molecule is CC(=O)NC1CC2CC2C1CNCc1coc2cc(Oc3nc4ncccc4s3)ccc12. The first kappa shape index (κ1) is 19.7. The fourth-order valence-electron chi connectivity index (χ4n) is 5.12. The largest absolute Gasteiger partial charge is 0.464 e. The molecule has 4 unspecified atom stereocenters. The molecule has 0 saturated heterocycles. The number of ether oxygens (including phenoxy) is 1. The minimum absolute atomic E-state index is 0.0715. The van der Waals surface area contributed by atoms with Gasteiger partial charge in [0.1, 0.15) is 11.3 Å². The first-order valence-electron chi connectivity index (χ1n) is 11.0. The van der Waals surface area contributed by atoms with Crippen molar-refractivity contribution in [2.24, 2.45) is 17.8 Å². The number of pyridine rings is 1. The summed E-state index contributed by atoms with van der Waals surface area (Å²) in [5.41, 5.74) is 2.61. The number of hydrogen-bond acceptors (Lipinski definition) is 7. The van der Waals surface area contributed by atoms with E-state index >= 15 is 0 Å². The molecule has 2 saturated carbocycles. The van der Waals surface area contributed by atoms with Gasteiger partial charge in [-0.15, -0.1) is 0 Å². The van der Waals surface area contributed by atoms with Crippen LogP contribution in [-0.2, 0) is 11.3 Å². The van der Waals surface area contributed by atoms with Gasteiger partial charge in [-0.1, -0.05) is 11.3 Å². The van der Waals surface area contributed by atoms with Crippen LogP contribution in [0.2, 0.25) is 0 Å². The number of hydrogen-bond donors (Lipinski definition) is 2. The third-order valence-corrected chi connectivity index (χ3v) is 7.55. The number of nitrogens with one attached hydrogen (secondary N) is 2. The van der Waals surface area contributed by atoms with Gasteiger partial charge in [-0.3, -0.25) is 4.79 Å². The van der Waals surface area contributed by atoms with Gasteiger partial charge in [0.2, 0.25) is 5.91 Å². The number of furan rings is 1. The summed E-state index contributed by atoms with van der Waals surface area (Å²) < 4.78 is 12.7. The minimum atomic E-state index is 0.0715. The summed E-state index contributed by atoms with van der Waals surface area (Å²) in [6.45, 7) is 3.25. The van der Waals surface area contributed by atoms with Crippen molar-refractivity contribution < 1.29 is 13.9 Å². The van der Waals surface area contributed by atoms with Gasteiger partial charge in [0, 0.05) is 49.3 Å². The topological polar surface area (TPSA) is 89.3 Å². The molecule has 3 aromatic heterocycles. The highest BCUT2D eigenvalue weighted by Crippen LogP contribution is 2.55. The minimum Gasteiger partial charge on any atom is -0.464 e. The number of carbonyl (C=O) groups excluding carboxylic acids is 1. The molecular weight excluding hydrogens is 424 g/mol. The Morgan fingerprint density at radius 2 is 2.25 bits per heavy atom. The molecule has 1 aromatic carbocycles. The standard InChI is InChI=1S/C24H24N4O3S/c1-13(29)27-20-8-14-7-18(14)19(20)11-25-10-15-12-30-21-9-16(4-5-17(15)21)31-24-28-23-22(32-24)3-2-6-26-23/h2-6,9,12,14,18-20,25H,7-8,10-11H2,1H3,(H,27,29). The molecule has 1 amide bonds. The van der Waals surface area contributed by atoms with E-state index in [1.165, 1.54) is 17.8 Å². The van der Waals surface area contributed by atoms with Crippen molar-refractivity contribution in [1.29, 1.82) is 0 Å². The summed E-state index contributed by atoms with van der Waals surface area (Å²) in [5.74, 6) is 2.85. The molecule has 164 valence electrons. The Hall–Kier alpha value is -2.97. The maximum absolute atomic E-state index is 11.5. The van der Waals surface area contributed by atoms with E-state index < -0.39 is 0 Å². The summed E-state index contributed by atoms with van der Waals surface area (Å²) in [6, 6.07) is 10.1. The van der Waals surface area contributed by atoms with Crippen LogP contribution in [0, 0.1) is 17.8 Å². The van der Waals surface area contributed by atoms with E-state index in [2.05, 4.69) is 20.6 Å². The highest BCUT2D eigenvalue weighted by molar-refractivity contribution is 7.20. The number of aromatic nitrogens is 2. The molecule has 4 atom stereocenters. The van der Waals surface area contributed by atoms with Crippen LogP contribution in [0.5, 0.6) is 10.9 Å². The molecule has 0 radical (unpaired) electrons. The fourth-order valence-corrected chi connectivity index (χ4v) is 5.91. The van der Waals surface area contributed by atoms with Gasteiger partial charge >= 0.3 is 0 Å². The highest BCUT2D eigenvalue weighted by atomic mass is 32.1. The quantitative estimate of drug-likeness (QED) is 0.433. The van der Waals surface area contributed by atoms with Gasteiger partial charge in [0.05, 0.1) is 11.0 Å². The second kappa shape index (κ2) is 7.86. The Balaban J connectivity index is 1.11. The van der Waals surface area contributed by atoms with Gasteiger partial charge in [0.25, 0.3) is 5.19 Å². The molecule has 3 heterocycles. The number of rotatable bonds is 7. The van der Waals surface area contributed by atoms with Crippen LogP contribution in [0.4, 0.5) is 0 Å². The summed E-state index contributed by atoms with van der Waals surface area (Å²) >= 11 is 1.47. The van der Waals surface area contributed by atoms with Crippen molar-refractivity contribution in [1.82, 2.24) is 20.6 Å². The Morgan fingerprint density at radius 3 is 3.12 bits per heavy atom. The summed E-state index contributed by atoms with van der Waals surface area (Å²) in [6.07, 6.45) is 5.97. The predicted molar refractivity (Wildman–Crippen MR) is 123 cm³/mol. The lowest BCUT2D eigenvalue weighted by atomic mass is 9.98. The number of benzene rings is 1. The molecule has 4 aromatic rings. The summed E-state index contributed by atoms with van der Waals surface area (Å²) in [4.78, 5) is 20.2. The number of amides is 1. The van der Waals surface area contributed by atoms with E-state index in [4.69, 9.17) is 9.15 Å². The molecule has 2 aliphatic carbocycles. The molecule has 2 fully saturated rings. The van der Waals surface area contributed by atoms with Crippen molar-refractivity contribution in [2.45, 2.75) is 32.4 Å². The number of carbonyl (C=O) groups is 1. The monoisotopic (exact) mass is 448 g/mol. The Morgan fingerprint density at radius 1 is 1.31 bits per heavy atom. The van der Waals surface area contributed by atoms with Crippen LogP contribution in [0.25, 0.3) is 21.3 Å². The molecule has 8 heteroatoms. The maximum Gasteiger partial charge on any atom is 0.281 e. The molecule has 32 heavy (non-hydrogen) atoms. The van der Waals surface area contributed by atoms with Crippen molar-refractivity contribution in [3.63, 3.8) is 0 Å². The van der Waals surface area contributed by atoms with E-state index in [9.17, 15) is 4.79 Å². The summed E-state index contributed by atoms with van der Waals surface area (Å²) in [5, 5.41) is 8.37. The van der Waals surface area contributed by atoms with Gasteiger partial charge in [-0.05, 0) is 54.9 Å². The Bertz CT molecular complexity index is 1270. The van der Waals surface area contributed by atoms with Gasteiger partial charge < -0.3 is 19.8 Å². The molecule has 7 nitrogen and oxygen atoms in total. The molecule has 0 bridgehead atoms. The first-order chi connectivity index (χ1) is 15.6. The lowest BCUT2D eigenvalue weighted by molar-refractivity contribution is -0.120. The molecule has 0 spiro atoms. The normalized spacial score (nSPS) is 24.0. The zero-order valence-electron chi connectivity index (χ0n) is 17.7. The van der Waals surface area contributed by atoms with Crippen molar-refractivity contribution in [3.05, 3.63) is 48.4 Å². The Kier molecular flexibility index (Phi) is 4.84. The predicted octanol–water partition coefficient (Wildman–Crippen LogP) is 4.48. The second-order valence-electron chi connectivity index (χ2n) is 8.82. The van der Waals surface area contributed by atoms with Crippen LogP contribution in [0.15, 0.2) is 47.2 Å². The zero-order chi connectivity index (χ0) is 21.7. The second-order valence-corrected chi connectivity index (χ2v) is 9.82. The third kappa shape index (κ3) is 3.73. The number of nitrogens with zero attached hydrogens (tertiary/aromatic N) is 2. The van der Waals surface area contributed by atoms with Crippen LogP contribution >= 0.6 is 11.3 Å². The van der Waals surface area contributed by atoms with Crippen molar-refractivity contribution in [3.8, 4) is 10.9 Å². The van der Waals surface area contributed by atoms with Crippen molar-refractivity contribution >= 4 is 38.6 Å². The fraction of sp³-hybridized carbons (Fsp3) is 0.375. The van der Waals surface area contributed by atoms with E-state index in [-0.39, 0.29) is 5.91 Å². The number of fused-ring (bicyclic) bond motifs is 3. The lowest BCUT2D eigenvalue weighted by Crippen LogP contribution is -2.41. The first-order valence-corrected chi connectivity index (χ1v) is 11.8. The van der Waals surface area contributed by atoms with Crippen LogP contribution < -0.4 is 15.4 Å². The van der Waals surface area contributed by atoms with Crippen LogP contribution in [0.1, 0.15) is 25.3 Å². The maximum atomic E-state index is 11.5. The molecule has 6 rings (SSSR count).